The van der Waals surface area contributed by atoms with Gasteiger partial charge in [0.2, 0.25) is 4.18 Å². The van der Waals surface area contributed by atoms with Gasteiger partial charge in [0.1, 0.15) is 0 Å². The molecule has 0 fully saturated rings. The Balaban J connectivity index is 2.59. The molecule has 1 aromatic carbocycles. The van der Waals surface area contributed by atoms with E-state index in [9.17, 15) is 9.18 Å². The summed E-state index contributed by atoms with van der Waals surface area (Å²) in [7, 11) is 0. The molecule has 0 aliphatic rings. The molecular formula is C10H11FINO. The molecule has 1 amide bonds. The summed E-state index contributed by atoms with van der Waals surface area (Å²) < 4.78 is 11.1. The first-order valence-electron chi connectivity index (χ1n) is 4.24. The molecular weight excluding hydrogens is 296 g/mol. The van der Waals surface area contributed by atoms with Gasteiger partial charge in [-0.3, -0.25) is 4.79 Å². The van der Waals surface area contributed by atoms with Crippen LogP contribution in [0.4, 0.5) is 4.39 Å². The molecule has 0 aromatic heterocycles. The van der Waals surface area contributed by atoms with E-state index in [2.05, 4.69) is 5.32 Å². The van der Waals surface area contributed by atoms with Gasteiger partial charge in [0, 0.05) is 0 Å². The van der Waals surface area contributed by atoms with E-state index in [0.717, 1.165) is 5.56 Å². The summed E-state index contributed by atoms with van der Waals surface area (Å²) in [5, 5.41) is 2.57. The molecule has 1 rings (SSSR count). The van der Waals surface area contributed by atoms with E-state index >= 15 is 0 Å². The number of amides is 1. The van der Waals surface area contributed by atoms with Crippen LogP contribution in [0.3, 0.4) is 0 Å². The van der Waals surface area contributed by atoms with Crippen molar-refractivity contribution in [2.24, 2.45) is 0 Å². The molecule has 0 heterocycles. The number of carbonyl (C=O) groups is 1. The Morgan fingerprint density at radius 1 is 1.43 bits per heavy atom. The molecule has 2 nitrogen and oxygen atoms in total. The zero-order chi connectivity index (χ0) is 10.6. The molecule has 0 unspecified atom stereocenters. The Morgan fingerprint density at radius 2 is 2.00 bits per heavy atom. The topological polar surface area (TPSA) is 29.1 Å². The zero-order valence-corrected chi connectivity index (χ0v) is 9.86. The van der Waals surface area contributed by atoms with Crippen molar-refractivity contribution in [1.29, 1.82) is 0 Å². The molecule has 0 aliphatic heterocycles. The molecule has 0 saturated heterocycles. The number of hydrogen-bond acceptors (Lipinski definition) is 1. The van der Waals surface area contributed by atoms with Crippen molar-refractivity contribution in [3.63, 3.8) is 0 Å². The fraction of sp³-hybridized carbons (Fsp3) is 0.300. The highest BCUT2D eigenvalue weighted by atomic mass is 127. The van der Waals surface area contributed by atoms with Gasteiger partial charge in [0.15, 0.2) is 0 Å². The summed E-state index contributed by atoms with van der Waals surface area (Å²) in [6.45, 7) is 1.83. The molecule has 0 aliphatic carbocycles. The molecule has 0 saturated carbocycles. The number of benzene rings is 1. The van der Waals surface area contributed by atoms with Crippen LogP contribution in [0.1, 0.15) is 18.5 Å². The number of nitrogens with one attached hydrogen (secondary N) is 1. The predicted molar refractivity (Wildman–Crippen MR) is 61.9 cm³/mol. The summed E-state index contributed by atoms with van der Waals surface area (Å²) in [5.41, 5.74) is 0.970. The Kier molecular flexibility index (Phi) is 4.31. The lowest BCUT2D eigenvalue weighted by Gasteiger charge is -2.13. The van der Waals surface area contributed by atoms with Crippen LogP contribution in [0.5, 0.6) is 0 Å². The first kappa shape index (κ1) is 11.4. The smallest absolute Gasteiger partial charge is 0.265 e. The molecule has 0 radical (unpaired) electrons. The first-order valence-corrected chi connectivity index (χ1v) is 5.49. The van der Waals surface area contributed by atoms with Crippen molar-refractivity contribution in [3.8, 4) is 0 Å². The third kappa shape index (κ3) is 3.25. The summed E-state index contributed by atoms with van der Waals surface area (Å²) in [5.74, 6) is -0.582. The van der Waals surface area contributed by atoms with Crippen LogP contribution < -0.4 is 5.32 Å². The SMILES string of the molecule is C[C@H](NC(=O)[C@H](F)I)c1ccccc1. The number of carbonyl (C=O) groups excluding carboxylic acids is 1. The Labute approximate surface area is 96.0 Å². The number of alkyl halides is 2. The van der Waals surface area contributed by atoms with Crippen LogP contribution >= 0.6 is 22.6 Å². The van der Waals surface area contributed by atoms with Gasteiger partial charge in [-0.2, -0.15) is 0 Å². The Morgan fingerprint density at radius 3 is 2.50 bits per heavy atom. The molecule has 0 spiro atoms. The van der Waals surface area contributed by atoms with Crippen molar-refractivity contribution < 1.29 is 9.18 Å². The first-order chi connectivity index (χ1) is 6.61. The van der Waals surface area contributed by atoms with Gasteiger partial charge in [-0.15, -0.1) is 0 Å². The van der Waals surface area contributed by atoms with E-state index in [1.807, 2.05) is 37.3 Å². The predicted octanol–water partition coefficient (Wildman–Crippen LogP) is 2.59. The molecule has 1 N–H and O–H groups in total. The minimum absolute atomic E-state index is 0.156. The monoisotopic (exact) mass is 307 g/mol. The summed E-state index contributed by atoms with van der Waals surface area (Å²) >= 11 is 1.44. The van der Waals surface area contributed by atoms with Crippen molar-refractivity contribution >= 4 is 28.5 Å². The maximum absolute atomic E-state index is 12.5. The van der Waals surface area contributed by atoms with Crippen LogP contribution in [0, 0.1) is 0 Å². The maximum atomic E-state index is 12.5. The van der Waals surface area contributed by atoms with E-state index in [0.29, 0.717) is 0 Å². The fourth-order valence-corrected chi connectivity index (χ4v) is 1.28. The average Bonchev–Trinajstić information content (AvgIpc) is 2.19. The third-order valence-electron chi connectivity index (χ3n) is 1.86. The Hall–Kier alpha value is -0.650. The van der Waals surface area contributed by atoms with Crippen LogP contribution in [-0.2, 0) is 4.79 Å². The lowest BCUT2D eigenvalue weighted by Crippen LogP contribution is -2.31. The van der Waals surface area contributed by atoms with Crippen LogP contribution in [-0.4, -0.2) is 10.1 Å². The standard InChI is InChI=1S/C10H11FINO/c1-7(13-10(14)9(11)12)8-5-3-2-4-6-8/h2-7,9H,1H3,(H,13,14)/t7-,9+/m0/s1. The van der Waals surface area contributed by atoms with Crippen LogP contribution in [0.25, 0.3) is 0 Å². The molecule has 14 heavy (non-hydrogen) atoms. The van der Waals surface area contributed by atoms with Crippen molar-refractivity contribution in [2.45, 2.75) is 17.1 Å². The normalized spacial score (nSPS) is 14.5. The molecule has 76 valence electrons. The molecule has 1 aromatic rings. The maximum Gasteiger partial charge on any atom is 0.265 e. The Bertz CT molecular complexity index is 302. The van der Waals surface area contributed by atoms with E-state index < -0.39 is 10.1 Å². The number of rotatable bonds is 3. The van der Waals surface area contributed by atoms with Gasteiger partial charge >= 0.3 is 0 Å². The van der Waals surface area contributed by atoms with Crippen molar-refractivity contribution in [1.82, 2.24) is 5.32 Å². The summed E-state index contributed by atoms with van der Waals surface area (Å²) in [4.78, 5) is 11.0. The van der Waals surface area contributed by atoms with Crippen LogP contribution in [0.15, 0.2) is 30.3 Å². The van der Waals surface area contributed by atoms with Gasteiger partial charge in [-0.05, 0) is 35.1 Å². The van der Waals surface area contributed by atoms with Crippen molar-refractivity contribution in [3.05, 3.63) is 35.9 Å². The van der Waals surface area contributed by atoms with Gasteiger partial charge in [0.05, 0.1) is 6.04 Å². The lowest BCUT2D eigenvalue weighted by molar-refractivity contribution is -0.123. The minimum atomic E-state index is -1.49. The zero-order valence-electron chi connectivity index (χ0n) is 7.71. The van der Waals surface area contributed by atoms with Gasteiger partial charge in [0.25, 0.3) is 5.91 Å². The van der Waals surface area contributed by atoms with E-state index in [4.69, 9.17) is 0 Å². The lowest BCUT2D eigenvalue weighted by atomic mass is 10.1. The van der Waals surface area contributed by atoms with Crippen molar-refractivity contribution in [2.75, 3.05) is 0 Å². The second-order valence-corrected chi connectivity index (χ2v) is 4.04. The van der Waals surface area contributed by atoms with Gasteiger partial charge in [-0.25, -0.2) is 4.39 Å². The molecule has 4 heteroatoms. The average molecular weight is 307 g/mol. The van der Waals surface area contributed by atoms with E-state index in [-0.39, 0.29) is 6.04 Å². The minimum Gasteiger partial charge on any atom is -0.346 e. The second kappa shape index (κ2) is 5.29. The number of halogens is 2. The fourth-order valence-electron chi connectivity index (χ4n) is 1.10. The van der Waals surface area contributed by atoms with E-state index in [1.165, 1.54) is 22.6 Å². The van der Waals surface area contributed by atoms with Gasteiger partial charge < -0.3 is 5.32 Å². The highest BCUT2D eigenvalue weighted by molar-refractivity contribution is 14.1. The van der Waals surface area contributed by atoms with Crippen LogP contribution in [0.2, 0.25) is 0 Å². The molecule has 0 bridgehead atoms. The highest BCUT2D eigenvalue weighted by Crippen LogP contribution is 2.12. The summed E-state index contributed by atoms with van der Waals surface area (Å²) in [6, 6.07) is 9.30. The summed E-state index contributed by atoms with van der Waals surface area (Å²) in [6.07, 6.45) is 0. The van der Waals surface area contributed by atoms with Gasteiger partial charge in [-0.1, -0.05) is 30.3 Å². The highest BCUT2D eigenvalue weighted by Gasteiger charge is 2.15. The molecule has 2 atom stereocenters. The third-order valence-corrected chi connectivity index (χ3v) is 2.42. The quantitative estimate of drug-likeness (QED) is 0.675. The van der Waals surface area contributed by atoms with E-state index in [1.54, 1.807) is 0 Å². The number of hydrogen-bond donors (Lipinski definition) is 1. The largest absolute Gasteiger partial charge is 0.346 e. The second-order valence-electron chi connectivity index (χ2n) is 2.94.